The highest BCUT2D eigenvalue weighted by Gasteiger charge is 2.48. The minimum absolute atomic E-state index is 0.0160. The van der Waals surface area contributed by atoms with Gasteiger partial charge in [0.1, 0.15) is 5.75 Å². The molecule has 1 heterocycles. The molecule has 1 aromatic rings. The highest BCUT2D eigenvalue weighted by atomic mass is 35.5. The van der Waals surface area contributed by atoms with E-state index >= 15 is 0 Å². The van der Waals surface area contributed by atoms with Gasteiger partial charge >= 0.3 is 12.1 Å². The fourth-order valence-corrected chi connectivity index (χ4v) is 2.65. The average Bonchev–Trinajstić information content (AvgIpc) is 2.44. The molecule has 0 unspecified atom stereocenters. The third kappa shape index (κ3) is 3.72. The molecule has 1 aliphatic rings. The van der Waals surface area contributed by atoms with Crippen LogP contribution in [0.15, 0.2) is 11.6 Å². The second-order valence-electron chi connectivity index (χ2n) is 5.56. The third-order valence-corrected chi connectivity index (χ3v) is 3.76. The molecular weight excluding hydrogens is 372 g/mol. The van der Waals surface area contributed by atoms with Crippen LogP contribution in [-0.4, -0.2) is 30.0 Å². The van der Waals surface area contributed by atoms with Crippen molar-refractivity contribution in [2.24, 2.45) is 5.92 Å². The van der Waals surface area contributed by atoms with E-state index in [-0.39, 0.29) is 39.6 Å². The lowest BCUT2D eigenvalue weighted by Gasteiger charge is -2.28. The molecule has 0 amide bonds. The van der Waals surface area contributed by atoms with E-state index < -0.39 is 23.8 Å². The summed E-state index contributed by atoms with van der Waals surface area (Å²) in [5, 5.41) is 8.92. The molecule has 0 saturated carbocycles. The number of fused-ring (bicyclic) bond motifs is 1. The molecule has 1 aliphatic heterocycles. The van der Waals surface area contributed by atoms with E-state index in [2.05, 4.69) is 0 Å². The van der Waals surface area contributed by atoms with Crippen LogP contribution in [0.2, 0.25) is 10.0 Å². The Labute approximate surface area is 145 Å². The van der Waals surface area contributed by atoms with Gasteiger partial charge in [-0.2, -0.15) is 13.2 Å². The number of hydrogen-bond donors (Lipinski definition) is 1. The van der Waals surface area contributed by atoms with Crippen LogP contribution in [0.4, 0.5) is 13.2 Å². The summed E-state index contributed by atoms with van der Waals surface area (Å²) in [7, 11) is 0. The molecule has 0 spiro atoms. The second-order valence-corrected chi connectivity index (χ2v) is 6.35. The summed E-state index contributed by atoms with van der Waals surface area (Å²) in [5.41, 5.74) is -0.980. The molecule has 0 aliphatic carbocycles. The summed E-state index contributed by atoms with van der Waals surface area (Å²) in [4.78, 5) is 11.2. The fraction of sp³-hybridized carbons (Fsp3) is 0.400. The summed E-state index contributed by atoms with van der Waals surface area (Å²) in [6.45, 7) is 4.05. The molecule has 9 heteroatoms. The molecule has 1 N–H and O–H groups in total. The number of benzene rings is 1. The Morgan fingerprint density at radius 2 is 2.04 bits per heavy atom. The first kappa shape index (κ1) is 18.7. The number of aliphatic carboxylic acids is 1. The normalized spacial score (nSPS) is 17.2. The zero-order valence-electron chi connectivity index (χ0n) is 12.6. The van der Waals surface area contributed by atoms with E-state index in [1.807, 2.05) is 13.8 Å². The van der Waals surface area contributed by atoms with Gasteiger partial charge < -0.3 is 14.6 Å². The van der Waals surface area contributed by atoms with Crippen molar-refractivity contribution < 1.29 is 32.5 Å². The van der Waals surface area contributed by atoms with Crippen molar-refractivity contribution >= 4 is 35.2 Å². The maximum atomic E-state index is 13.0. The maximum absolute atomic E-state index is 13.0. The lowest BCUT2D eigenvalue weighted by Crippen LogP contribution is -2.40. The van der Waals surface area contributed by atoms with Crippen molar-refractivity contribution in [2.45, 2.75) is 26.1 Å². The molecule has 0 saturated heterocycles. The van der Waals surface area contributed by atoms with Crippen molar-refractivity contribution in [3.63, 3.8) is 0 Å². The Balaban J connectivity index is 2.54. The summed E-state index contributed by atoms with van der Waals surface area (Å²) in [6, 6.07) is 1.13. The molecule has 24 heavy (non-hydrogen) atoms. The van der Waals surface area contributed by atoms with Gasteiger partial charge in [-0.25, -0.2) is 4.79 Å². The molecule has 4 nitrogen and oxygen atoms in total. The molecule has 0 aromatic heterocycles. The number of carbonyl (C=O) groups is 1. The van der Waals surface area contributed by atoms with Gasteiger partial charge in [0.2, 0.25) is 6.10 Å². The van der Waals surface area contributed by atoms with Gasteiger partial charge in [0, 0.05) is 11.6 Å². The number of rotatable bonds is 4. The topological polar surface area (TPSA) is 55.8 Å². The van der Waals surface area contributed by atoms with Crippen LogP contribution >= 0.6 is 23.2 Å². The first-order chi connectivity index (χ1) is 11.0. The lowest BCUT2D eigenvalue weighted by molar-refractivity contribution is -0.187. The molecule has 1 aromatic carbocycles. The standard InChI is InChI=1S/C15H13Cl2F3O4/c1-6(2)5-23-12-9(16)4-10-7(11(12)17)3-8(14(21)22)13(24-10)15(18,19)20/h3-4,6,13H,5H2,1-2H3,(H,21,22)/t13-/m1/s1. The molecule has 0 bridgehead atoms. The minimum Gasteiger partial charge on any atom is -0.490 e. The van der Waals surface area contributed by atoms with E-state index in [0.29, 0.717) is 0 Å². The molecule has 1 atom stereocenters. The average molecular weight is 385 g/mol. The second kappa shape index (κ2) is 6.72. The lowest BCUT2D eigenvalue weighted by atomic mass is 10.0. The summed E-state index contributed by atoms with van der Waals surface area (Å²) in [6.07, 6.45) is -6.66. The van der Waals surface area contributed by atoms with E-state index in [4.69, 9.17) is 37.8 Å². The van der Waals surface area contributed by atoms with Crippen molar-refractivity contribution in [3.8, 4) is 11.5 Å². The van der Waals surface area contributed by atoms with Crippen LogP contribution in [0.3, 0.4) is 0 Å². The van der Waals surface area contributed by atoms with E-state index in [1.165, 1.54) is 0 Å². The van der Waals surface area contributed by atoms with Crippen molar-refractivity contribution in [1.82, 2.24) is 0 Å². The largest absolute Gasteiger partial charge is 0.490 e. The van der Waals surface area contributed by atoms with E-state index in [0.717, 1.165) is 12.1 Å². The van der Waals surface area contributed by atoms with Crippen LogP contribution in [-0.2, 0) is 4.79 Å². The fourth-order valence-electron chi connectivity index (χ4n) is 2.05. The monoisotopic (exact) mass is 384 g/mol. The van der Waals surface area contributed by atoms with Gasteiger partial charge in [-0.15, -0.1) is 0 Å². The Kier molecular flexibility index (Phi) is 5.25. The maximum Gasteiger partial charge on any atom is 0.430 e. The minimum atomic E-state index is -4.90. The van der Waals surface area contributed by atoms with Crippen LogP contribution < -0.4 is 9.47 Å². The molecule has 2 rings (SSSR count). The summed E-state index contributed by atoms with van der Waals surface area (Å²) >= 11 is 12.1. The summed E-state index contributed by atoms with van der Waals surface area (Å²) in [5.74, 6) is -1.78. The van der Waals surface area contributed by atoms with Gasteiger partial charge in [-0.1, -0.05) is 37.0 Å². The van der Waals surface area contributed by atoms with Crippen LogP contribution in [0, 0.1) is 5.92 Å². The highest BCUT2D eigenvalue weighted by Crippen LogP contribution is 2.46. The first-order valence-electron chi connectivity index (χ1n) is 6.85. The number of alkyl halides is 3. The van der Waals surface area contributed by atoms with E-state index in [9.17, 15) is 18.0 Å². The number of carboxylic acid groups (broad SMARTS) is 1. The van der Waals surface area contributed by atoms with Crippen LogP contribution in [0.5, 0.6) is 11.5 Å². The van der Waals surface area contributed by atoms with Crippen molar-refractivity contribution in [1.29, 1.82) is 0 Å². The molecule has 0 fully saturated rings. The Morgan fingerprint density at radius 1 is 1.42 bits per heavy atom. The van der Waals surface area contributed by atoms with Gasteiger partial charge in [0.15, 0.2) is 5.75 Å². The van der Waals surface area contributed by atoms with Gasteiger partial charge in [0.05, 0.1) is 22.2 Å². The van der Waals surface area contributed by atoms with Gasteiger partial charge in [-0.05, 0) is 12.0 Å². The number of halogens is 5. The number of ether oxygens (including phenoxy) is 2. The van der Waals surface area contributed by atoms with Gasteiger partial charge in [0.25, 0.3) is 0 Å². The number of hydrogen-bond acceptors (Lipinski definition) is 3. The smallest absolute Gasteiger partial charge is 0.430 e. The number of carboxylic acids is 1. The Morgan fingerprint density at radius 3 is 2.54 bits per heavy atom. The van der Waals surface area contributed by atoms with Gasteiger partial charge in [-0.3, -0.25) is 0 Å². The Bertz CT molecular complexity index is 699. The third-order valence-electron chi connectivity index (χ3n) is 3.11. The van der Waals surface area contributed by atoms with Crippen LogP contribution in [0.1, 0.15) is 19.4 Å². The first-order valence-corrected chi connectivity index (χ1v) is 7.61. The summed E-state index contributed by atoms with van der Waals surface area (Å²) < 4.78 is 49.3. The van der Waals surface area contributed by atoms with Crippen molar-refractivity contribution in [2.75, 3.05) is 6.61 Å². The SMILES string of the molecule is CC(C)COc1c(Cl)cc2c(c1Cl)C=C(C(=O)O)[C@H](C(F)(F)F)O2. The Hall–Kier alpha value is -1.60. The predicted octanol–water partition coefficient (Wildman–Crippen LogP) is 4.82. The van der Waals surface area contributed by atoms with E-state index in [1.54, 1.807) is 0 Å². The zero-order chi connectivity index (χ0) is 18.2. The molecular formula is C15H13Cl2F3O4. The molecule has 132 valence electrons. The molecule has 0 radical (unpaired) electrons. The predicted molar refractivity (Wildman–Crippen MR) is 82.9 cm³/mol. The van der Waals surface area contributed by atoms with Crippen LogP contribution in [0.25, 0.3) is 6.08 Å². The quantitative estimate of drug-likeness (QED) is 0.808. The zero-order valence-corrected chi connectivity index (χ0v) is 14.1. The van der Waals surface area contributed by atoms with Crippen molar-refractivity contribution in [3.05, 3.63) is 27.2 Å². The highest BCUT2D eigenvalue weighted by molar-refractivity contribution is 6.38.